The normalized spacial score (nSPS) is 11.3. The van der Waals surface area contributed by atoms with Gasteiger partial charge in [-0.25, -0.2) is 0 Å². The summed E-state index contributed by atoms with van der Waals surface area (Å²) in [6, 6.07) is 8.43. The molecule has 1 atom stereocenters. The number of benzene rings is 1. The highest BCUT2D eigenvalue weighted by Gasteiger charge is 2.17. The van der Waals surface area contributed by atoms with Crippen molar-refractivity contribution in [3.8, 4) is 0 Å². The van der Waals surface area contributed by atoms with Crippen LogP contribution in [0.5, 0.6) is 0 Å². The van der Waals surface area contributed by atoms with E-state index in [0.29, 0.717) is 5.56 Å². The van der Waals surface area contributed by atoms with Crippen LogP contribution in [0.3, 0.4) is 0 Å². The maximum Gasteiger partial charge on any atom is 0.306 e. The zero-order chi connectivity index (χ0) is 14.3. The Balaban J connectivity index is 2.42. The number of esters is 1. The Morgan fingerprint density at radius 3 is 2.37 bits per heavy atom. The highest BCUT2D eigenvalue weighted by molar-refractivity contribution is 5.95. The Morgan fingerprint density at radius 2 is 1.79 bits per heavy atom. The van der Waals surface area contributed by atoms with Gasteiger partial charge in [0.2, 0.25) is 0 Å². The number of hydrogen-bond acceptors (Lipinski definition) is 4. The second kappa shape index (κ2) is 7.15. The Labute approximate surface area is 111 Å². The SMILES string of the molecule is CCC(=O)O[C@H](C)C(=O)NNC(=O)c1ccccc1. The van der Waals surface area contributed by atoms with Gasteiger partial charge in [0.05, 0.1) is 0 Å². The molecule has 0 saturated heterocycles. The molecule has 0 bridgehead atoms. The lowest BCUT2D eigenvalue weighted by atomic mass is 10.2. The second-order valence-corrected chi connectivity index (χ2v) is 3.80. The zero-order valence-corrected chi connectivity index (χ0v) is 10.8. The third-order valence-corrected chi connectivity index (χ3v) is 2.30. The molecule has 0 radical (unpaired) electrons. The maximum absolute atomic E-state index is 11.6. The van der Waals surface area contributed by atoms with Gasteiger partial charge in [-0.3, -0.25) is 25.2 Å². The molecule has 0 aliphatic rings. The maximum atomic E-state index is 11.6. The highest BCUT2D eigenvalue weighted by atomic mass is 16.5. The van der Waals surface area contributed by atoms with Gasteiger partial charge in [0.25, 0.3) is 11.8 Å². The molecule has 0 aliphatic heterocycles. The van der Waals surface area contributed by atoms with Gasteiger partial charge in [-0.05, 0) is 19.1 Å². The monoisotopic (exact) mass is 264 g/mol. The summed E-state index contributed by atoms with van der Waals surface area (Å²) in [6.07, 6.45) is -0.767. The molecule has 0 fully saturated rings. The van der Waals surface area contributed by atoms with Crippen molar-refractivity contribution < 1.29 is 19.1 Å². The summed E-state index contributed by atoms with van der Waals surface area (Å²) in [7, 11) is 0. The Hall–Kier alpha value is -2.37. The van der Waals surface area contributed by atoms with E-state index in [1.807, 2.05) is 0 Å². The minimum Gasteiger partial charge on any atom is -0.452 e. The van der Waals surface area contributed by atoms with Crippen LogP contribution in [0, 0.1) is 0 Å². The van der Waals surface area contributed by atoms with E-state index >= 15 is 0 Å². The topological polar surface area (TPSA) is 84.5 Å². The predicted molar refractivity (Wildman–Crippen MR) is 67.9 cm³/mol. The van der Waals surface area contributed by atoms with Crippen LogP contribution in [0.4, 0.5) is 0 Å². The van der Waals surface area contributed by atoms with Crippen LogP contribution < -0.4 is 10.9 Å². The lowest BCUT2D eigenvalue weighted by Gasteiger charge is -2.13. The van der Waals surface area contributed by atoms with E-state index in [0.717, 1.165) is 0 Å². The number of carbonyl (C=O) groups is 3. The quantitative estimate of drug-likeness (QED) is 0.622. The number of amides is 2. The molecule has 2 N–H and O–H groups in total. The van der Waals surface area contributed by atoms with Crippen LogP contribution in [-0.4, -0.2) is 23.9 Å². The van der Waals surface area contributed by atoms with Crippen molar-refractivity contribution in [2.24, 2.45) is 0 Å². The second-order valence-electron chi connectivity index (χ2n) is 3.80. The summed E-state index contributed by atoms with van der Waals surface area (Å²) in [5.74, 6) is -1.51. The van der Waals surface area contributed by atoms with Crippen LogP contribution in [0.25, 0.3) is 0 Å². The van der Waals surface area contributed by atoms with Crippen LogP contribution in [0.2, 0.25) is 0 Å². The fourth-order valence-electron chi connectivity index (χ4n) is 1.22. The molecule has 0 aromatic heterocycles. The minimum atomic E-state index is -0.955. The van der Waals surface area contributed by atoms with Crippen molar-refractivity contribution in [1.29, 1.82) is 0 Å². The number of hydrazine groups is 1. The molecule has 1 rings (SSSR count). The first kappa shape index (κ1) is 14.7. The van der Waals surface area contributed by atoms with Gasteiger partial charge in [0, 0.05) is 12.0 Å². The summed E-state index contributed by atoms with van der Waals surface area (Å²) in [5, 5.41) is 0. The molecular weight excluding hydrogens is 248 g/mol. The van der Waals surface area contributed by atoms with Gasteiger partial charge in [-0.2, -0.15) is 0 Å². The van der Waals surface area contributed by atoms with Crippen molar-refractivity contribution in [3.05, 3.63) is 35.9 Å². The van der Waals surface area contributed by atoms with Gasteiger partial charge in [-0.1, -0.05) is 25.1 Å². The molecule has 6 nitrogen and oxygen atoms in total. The first-order chi connectivity index (χ1) is 9.04. The molecule has 0 heterocycles. The number of carbonyl (C=O) groups excluding carboxylic acids is 3. The van der Waals surface area contributed by atoms with E-state index in [2.05, 4.69) is 10.9 Å². The predicted octanol–water partition coefficient (Wildman–Crippen LogP) is 0.789. The van der Waals surface area contributed by atoms with Crippen molar-refractivity contribution >= 4 is 17.8 Å². The van der Waals surface area contributed by atoms with Gasteiger partial charge in [0.1, 0.15) is 0 Å². The molecular formula is C13H16N2O4. The van der Waals surface area contributed by atoms with Gasteiger partial charge >= 0.3 is 5.97 Å². The lowest BCUT2D eigenvalue weighted by Crippen LogP contribution is -2.46. The van der Waals surface area contributed by atoms with Crippen LogP contribution >= 0.6 is 0 Å². The first-order valence-electron chi connectivity index (χ1n) is 5.89. The number of ether oxygens (including phenoxy) is 1. The Morgan fingerprint density at radius 1 is 1.16 bits per heavy atom. The lowest BCUT2D eigenvalue weighted by molar-refractivity contribution is -0.154. The summed E-state index contributed by atoms with van der Waals surface area (Å²) < 4.78 is 4.80. The smallest absolute Gasteiger partial charge is 0.306 e. The largest absolute Gasteiger partial charge is 0.452 e. The zero-order valence-electron chi connectivity index (χ0n) is 10.8. The summed E-state index contributed by atoms with van der Waals surface area (Å²) >= 11 is 0. The van der Waals surface area contributed by atoms with E-state index in [1.54, 1.807) is 37.3 Å². The number of rotatable bonds is 4. The van der Waals surface area contributed by atoms with Crippen LogP contribution in [0.1, 0.15) is 30.6 Å². The fourth-order valence-corrected chi connectivity index (χ4v) is 1.22. The summed E-state index contributed by atoms with van der Waals surface area (Å²) in [6.45, 7) is 3.06. The fraction of sp³-hybridized carbons (Fsp3) is 0.308. The number of nitrogens with one attached hydrogen (secondary N) is 2. The van der Waals surface area contributed by atoms with E-state index in [9.17, 15) is 14.4 Å². The van der Waals surface area contributed by atoms with E-state index in [1.165, 1.54) is 6.92 Å². The molecule has 0 unspecified atom stereocenters. The third-order valence-electron chi connectivity index (χ3n) is 2.30. The minimum absolute atomic E-state index is 0.188. The third kappa shape index (κ3) is 4.79. The highest BCUT2D eigenvalue weighted by Crippen LogP contribution is 1.97. The van der Waals surface area contributed by atoms with Crippen LogP contribution in [0.15, 0.2) is 30.3 Å². The van der Waals surface area contributed by atoms with E-state index in [4.69, 9.17) is 4.74 Å². The first-order valence-corrected chi connectivity index (χ1v) is 5.89. The summed E-state index contributed by atoms with van der Waals surface area (Å²) in [4.78, 5) is 34.1. The molecule has 6 heteroatoms. The molecule has 0 saturated carbocycles. The molecule has 102 valence electrons. The van der Waals surface area contributed by atoms with Gasteiger partial charge < -0.3 is 4.74 Å². The Bertz CT molecular complexity index is 459. The van der Waals surface area contributed by atoms with Crippen molar-refractivity contribution in [3.63, 3.8) is 0 Å². The molecule has 1 aromatic rings. The molecule has 0 aliphatic carbocycles. The van der Waals surface area contributed by atoms with Crippen molar-refractivity contribution in [2.75, 3.05) is 0 Å². The van der Waals surface area contributed by atoms with Crippen LogP contribution in [-0.2, 0) is 14.3 Å². The summed E-state index contributed by atoms with van der Waals surface area (Å²) in [5.41, 5.74) is 4.85. The van der Waals surface area contributed by atoms with Gasteiger partial charge in [0.15, 0.2) is 6.10 Å². The standard InChI is InChI=1S/C13H16N2O4/c1-3-11(16)19-9(2)12(17)14-15-13(18)10-7-5-4-6-8-10/h4-9H,3H2,1-2H3,(H,14,17)(H,15,18)/t9-/m1/s1. The van der Waals surface area contributed by atoms with Crippen molar-refractivity contribution in [1.82, 2.24) is 10.9 Å². The molecule has 1 aromatic carbocycles. The molecule has 2 amide bonds. The molecule has 19 heavy (non-hydrogen) atoms. The average Bonchev–Trinajstić information content (AvgIpc) is 2.44. The Kier molecular flexibility index (Phi) is 5.53. The molecule has 0 spiro atoms. The van der Waals surface area contributed by atoms with Gasteiger partial charge in [-0.15, -0.1) is 0 Å². The van der Waals surface area contributed by atoms with E-state index < -0.39 is 23.9 Å². The van der Waals surface area contributed by atoms with Crippen molar-refractivity contribution in [2.45, 2.75) is 26.4 Å². The van der Waals surface area contributed by atoms with E-state index in [-0.39, 0.29) is 6.42 Å². The number of hydrogen-bond donors (Lipinski definition) is 2. The average molecular weight is 264 g/mol.